The zero-order valence-electron chi connectivity index (χ0n) is 12.9. The first-order valence-electron chi connectivity index (χ1n) is 7.15. The summed E-state index contributed by atoms with van der Waals surface area (Å²) >= 11 is 0. The second-order valence-corrected chi connectivity index (χ2v) is 6.27. The Labute approximate surface area is 125 Å². The number of carboxylic acids is 1. The molecule has 1 fully saturated rings. The molecular formula is C17H23NO3. The van der Waals surface area contributed by atoms with Crippen molar-refractivity contribution in [3.63, 3.8) is 0 Å². The molecule has 0 spiro atoms. The van der Waals surface area contributed by atoms with Crippen LogP contribution in [0.3, 0.4) is 0 Å². The van der Waals surface area contributed by atoms with Crippen molar-refractivity contribution in [1.82, 2.24) is 0 Å². The maximum Gasteiger partial charge on any atom is 0.311 e. The number of rotatable bonds is 4. The Morgan fingerprint density at radius 3 is 2.48 bits per heavy atom. The predicted octanol–water partition coefficient (Wildman–Crippen LogP) is 2.87. The van der Waals surface area contributed by atoms with Crippen LogP contribution in [0, 0.1) is 19.3 Å². The van der Waals surface area contributed by atoms with Crippen LogP contribution in [0.25, 0.3) is 0 Å². The number of hydrogen-bond acceptors (Lipinski definition) is 3. The van der Waals surface area contributed by atoms with Gasteiger partial charge in [-0.05, 0) is 38.3 Å². The first-order valence-corrected chi connectivity index (χ1v) is 7.15. The molecule has 0 bridgehead atoms. The molecule has 0 aliphatic carbocycles. The largest absolute Gasteiger partial charge is 0.481 e. The number of allylic oxidation sites excluding steroid dienone is 1. The summed E-state index contributed by atoms with van der Waals surface area (Å²) in [5, 5.41) is 20.1. The fourth-order valence-corrected chi connectivity index (χ4v) is 3.38. The molecule has 1 saturated heterocycles. The minimum atomic E-state index is -0.958. The molecule has 114 valence electrons. The van der Waals surface area contributed by atoms with E-state index in [0.29, 0.717) is 13.0 Å². The lowest BCUT2D eigenvalue weighted by Gasteiger charge is -2.28. The van der Waals surface area contributed by atoms with Crippen LogP contribution in [0.1, 0.15) is 30.9 Å². The first-order chi connectivity index (χ1) is 9.77. The Hall–Kier alpha value is -1.81. The number of aryl methyl sites for hydroxylation is 2. The third-order valence-electron chi connectivity index (χ3n) is 4.23. The lowest BCUT2D eigenvalue weighted by molar-refractivity contribution is -0.148. The van der Waals surface area contributed by atoms with E-state index < -0.39 is 17.6 Å². The molecule has 1 heterocycles. The summed E-state index contributed by atoms with van der Waals surface area (Å²) in [6, 6.07) is 5.93. The standard InChI is InChI=1S/C17H23NO3/c1-11(2)8-17(16(20)21)9-14(19)18(10-17)15-12(3)6-5-7-13(15)4/h5-7,14,19H,1,8-10H2,2-4H3,(H,20,21). The van der Waals surface area contributed by atoms with Crippen molar-refractivity contribution in [1.29, 1.82) is 0 Å². The van der Waals surface area contributed by atoms with Crippen molar-refractivity contribution >= 4 is 11.7 Å². The van der Waals surface area contributed by atoms with E-state index in [2.05, 4.69) is 6.58 Å². The van der Waals surface area contributed by atoms with Crippen molar-refractivity contribution in [3.8, 4) is 0 Å². The number of aliphatic hydroxyl groups is 1. The van der Waals surface area contributed by atoms with E-state index in [1.807, 2.05) is 43.9 Å². The summed E-state index contributed by atoms with van der Waals surface area (Å²) in [4.78, 5) is 13.6. The van der Waals surface area contributed by atoms with Gasteiger partial charge < -0.3 is 15.1 Å². The summed E-state index contributed by atoms with van der Waals surface area (Å²) in [5.41, 5.74) is 2.90. The molecule has 2 atom stereocenters. The van der Waals surface area contributed by atoms with Gasteiger partial charge in [0.25, 0.3) is 0 Å². The zero-order valence-corrected chi connectivity index (χ0v) is 12.9. The lowest BCUT2D eigenvalue weighted by Crippen LogP contribution is -2.36. The Morgan fingerprint density at radius 2 is 2.00 bits per heavy atom. The van der Waals surface area contributed by atoms with Crippen LogP contribution in [0.4, 0.5) is 5.69 Å². The molecule has 0 saturated carbocycles. The number of aliphatic carboxylic acids is 1. The molecule has 2 unspecified atom stereocenters. The minimum absolute atomic E-state index is 0.225. The molecule has 4 heteroatoms. The Morgan fingerprint density at radius 1 is 1.43 bits per heavy atom. The molecule has 1 aliphatic heterocycles. The van der Waals surface area contributed by atoms with E-state index in [1.54, 1.807) is 0 Å². The predicted molar refractivity (Wildman–Crippen MR) is 83.4 cm³/mol. The quantitative estimate of drug-likeness (QED) is 0.837. The average molecular weight is 289 g/mol. The lowest BCUT2D eigenvalue weighted by atomic mass is 9.81. The van der Waals surface area contributed by atoms with Crippen molar-refractivity contribution in [3.05, 3.63) is 41.5 Å². The molecule has 1 aromatic rings. The van der Waals surface area contributed by atoms with Crippen LogP contribution in [-0.2, 0) is 4.79 Å². The number of carboxylic acid groups (broad SMARTS) is 1. The Bertz CT molecular complexity index is 561. The number of para-hydroxylation sites is 1. The smallest absolute Gasteiger partial charge is 0.311 e. The van der Waals surface area contributed by atoms with Crippen LogP contribution < -0.4 is 4.90 Å². The van der Waals surface area contributed by atoms with E-state index in [0.717, 1.165) is 22.4 Å². The van der Waals surface area contributed by atoms with Gasteiger partial charge in [0.2, 0.25) is 0 Å². The normalized spacial score (nSPS) is 25.1. The van der Waals surface area contributed by atoms with Crippen LogP contribution in [-0.4, -0.2) is 29.0 Å². The van der Waals surface area contributed by atoms with Gasteiger partial charge in [-0.15, -0.1) is 6.58 Å². The molecule has 0 radical (unpaired) electrons. The first kappa shape index (κ1) is 15.6. The van der Waals surface area contributed by atoms with Crippen LogP contribution in [0.5, 0.6) is 0 Å². The maximum absolute atomic E-state index is 11.8. The molecule has 1 aliphatic rings. The zero-order chi connectivity index (χ0) is 15.8. The topological polar surface area (TPSA) is 60.8 Å². The van der Waals surface area contributed by atoms with Crippen LogP contribution in [0.2, 0.25) is 0 Å². The van der Waals surface area contributed by atoms with Gasteiger partial charge in [-0.2, -0.15) is 0 Å². The summed E-state index contributed by atoms with van der Waals surface area (Å²) in [6.07, 6.45) is -0.163. The fraction of sp³-hybridized carbons (Fsp3) is 0.471. The van der Waals surface area contributed by atoms with E-state index >= 15 is 0 Å². The number of anilines is 1. The van der Waals surface area contributed by atoms with Gasteiger partial charge in [-0.3, -0.25) is 4.79 Å². The van der Waals surface area contributed by atoms with E-state index in [4.69, 9.17) is 0 Å². The molecule has 0 aromatic heterocycles. The van der Waals surface area contributed by atoms with Crippen molar-refractivity contribution < 1.29 is 15.0 Å². The number of aliphatic hydroxyl groups excluding tert-OH is 1. The highest BCUT2D eigenvalue weighted by Gasteiger charge is 2.49. The molecule has 21 heavy (non-hydrogen) atoms. The van der Waals surface area contributed by atoms with Gasteiger partial charge in [0.15, 0.2) is 0 Å². The van der Waals surface area contributed by atoms with Gasteiger partial charge in [0.1, 0.15) is 6.23 Å². The molecule has 1 aromatic carbocycles. The molecule has 2 rings (SSSR count). The summed E-state index contributed by atoms with van der Waals surface area (Å²) < 4.78 is 0. The number of benzene rings is 1. The van der Waals surface area contributed by atoms with E-state index in [9.17, 15) is 15.0 Å². The molecule has 0 amide bonds. The fourth-order valence-electron chi connectivity index (χ4n) is 3.38. The molecule has 2 N–H and O–H groups in total. The van der Waals surface area contributed by atoms with Crippen molar-refractivity contribution in [2.45, 2.75) is 39.8 Å². The number of carbonyl (C=O) groups is 1. The third kappa shape index (κ3) is 2.81. The monoisotopic (exact) mass is 289 g/mol. The highest BCUT2D eigenvalue weighted by molar-refractivity contribution is 5.78. The maximum atomic E-state index is 11.8. The molecule has 4 nitrogen and oxygen atoms in total. The van der Waals surface area contributed by atoms with Crippen molar-refractivity contribution in [2.75, 3.05) is 11.4 Å². The Balaban J connectivity index is 2.40. The van der Waals surface area contributed by atoms with Crippen LogP contribution in [0.15, 0.2) is 30.4 Å². The van der Waals surface area contributed by atoms with Gasteiger partial charge >= 0.3 is 5.97 Å². The van der Waals surface area contributed by atoms with E-state index in [-0.39, 0.29) is 6.42 Å². The number of hydrogen-bond donors (Lipinski definition) is 2. The Kier molecular flexibility index (Phi) is 4.10. The van der Waals surface area contributed by atoms with Gasteiger partial charge in [0.05, 0.1) is 5.41 Å². The SMILES string of the molecule is C=C(C)CC1(C(=O)O)CC(O)N(c2c(C)cccc2C)C1. The van der Waals surface area contributed by atoms with Gasteiger partial charge in [-0.1, -0.05) is 23.8 Å². The second kappa shape index (κ2) is 5.53. The summed E-state index contributed by atoms with van der Waals surface area (Å²) in [6.45, 7) is 9.94. The highest BCUT2D eigenvalue weighted by Crippen LogP contribution is 2.43. The average Bonchev–Trinajstić information content (AvgIpc) is 2.66. The van der Waals surface area contributed by atoms with Crippen LogP contribution >= 0.6 is 0 Å². The summed E-state index contributed by atoms with van der Waals surface area (Å²) in [5.74, 6) is -0.863. The summed E-state index contributed by atoms with van der Waals surface area (Å²) in [7, 11) is 0. The number of nitrogens with zero attached hydrogens (tertiary/aromatic N) is 1. The molecular weight excluding hydrogens is 266 g/mol. The van der Waals surface area contributed by atoms with Crippen molar-refractivity contribution in [2.24, 2.45) is 5.41 Å². The van der Waals surface area contributed by atoms with Gasteiger partial charge in [-0.25, -0.2) is 0 Å². The highest BCUT2D eigenvalue weighted by atomic mass is 16.4. The second-order valence-electron chi connectivity index (χ2n) is 6.27. The van der Waals surface area contributed by atoms with E-state index in [1.165, 1.54) is 0 Å². The van der Waals surface area contributed by atoms with Gasteiger partial charge in [0, 0.05) is 18.7 Å². The minimum Gasteiger partial charge on any atom is -0.481 e. The third-order valence-corrected chi connectivity index (χ3v) is 4.23.